The van der Waals surface area contributed by atoms with E-state index in [0.717, 1.165) is 18.0 Å². The number of fused-ring (bicyclic) bond motifs is 1. The minimum atomic E-state index is -0.496. The Labute approximate surface area is 171 Å². The van der Waals surface area contributed by atoms with Gasteiger partial charge >= 0.3 is 6.09 Å². The zero-order valence-electron chi connectivity index (χ0n) is 17.2. The van der Waals surface area contributed by atoms with Crippen molar-refractivity contribution in [2.45, 2.75) is 66.4 Å². The summed E-state index contributed by atoms with van der Waals surface area (Å²) in [5.74, 6) is 0.697. The van der Waals surface area contributed by atoms with Crippen molar-refractivity contribution in [3.05, 3.63) is 10.6 Å². The van der Waals surface area contributed by atoms with E-state index in [9.17, 15) is 4.79 Å². The van der Waals surface area contributed by atoms with Gasteiger partial charge in [-0.15, -0.1) is 11.3 Å². The van der Waals surface area contributed by atoms with Crippen LogP contribution in [0.2, 0.25) is 0 Å². The van der Waals surface area contributed by atoms with Gasteiger partial charge in [-0.1, -0.05) is 20.8 Å². The molecule has 8 heteroatoms. The van der Waals surface area contributed by atoms with Crippen LogP contribution >= 0.6 is 23.6 Å². The highest BCUT2D eigenvalue weighted by Gasteiger charge is 2.30. The number of hydrogen-bond acceptors (Lipinski definition) is 5. The first-order chi connectivity index (χ1) is 12.4. The van der Waals surface area contributed by atoms with Crippen LogP contribution in [0.5, 0.6) is 0 Å². The van der Waals surface area contributed by atoms with Crippen LogP contribution in [-0.4, -0.2) is 34.9 Å². The fourth-order valence-corrected chi connectivity index (χ4v) is 4.32. The number of nitrogens with one attached hydrogen (secondary N) is 3. The second kappa shape index (κ2) is 8.73. The molecule has 1 atom stereocenters. The summed E-state index contributed by atoms with van der Waals surface area (Å²) in [7, 11) is 0. The van der Waals surface area contributed by atoms with Crippen molar-refractivity contribution >= 4 is 39.9 Å². The summed E-state index contributed by atoms with van der Waals surface area (Å²) in [6, 6.07) is 0. The number of alkyl carbamates (subject to hydrolysis) is 1. The Morgan fingerprint density at radius 3 is 2.52 bits per heavy atom. The van der Waals surface area contributed by atoms with Gasteiger partial charge in [-0.05, 0) is 63.6 Å². The van der Waals surface area contributed by atoms with Gasteiger partial charge in [-0.2, -0.15) is 0 Å². The summed E-state index contributed by atoms with van der Waals surface area (Å²) in [4.78, 5) is 17.7. The van der Waals surface area contributed by atoms with E-state index >= 15 is 0 Å². The molecule has 1 heterocycles. The number of ether oxygens (including phenoxy) is 1. The summed E-state index contributed by atoms with van der Waals surface area (Å²) in [6.07, 6.45) is 2.90. The summed E-state index contributed by atoms with van der Waals surface area (Å²) in [5, 5.41) is 10.3. The Balaban J connectivity index is 1.74. The zero-order chi connectivity index (χ0) is 20.2. The maximum absolute atomic E-state index is 11.6. The fraction of sp³-hybridized carbons (Fsp3) is 0.737. The summed E-state index contributed by atoms with van der Waals surface area (Å²) in [6.45, 7) is 13.4. The number of carbonyl (C=O) groups is 1. The molecule has 1 unspecified atom stereocenters. The average molecular weight is 413 g/mol. The van der Waals surface area contributed by atoms with Crippen LogP contribution in [0.15, 0.2) is 0 Å². The van der Waals surface area contributed by atoms with Crippen LogP contribution in [0.1, 0.15) is 58.5 Å². The number of thiazole rings is 1. The SMILES string of the molecule is CC(C)(C)OC(=O)NCCNC(=S)Nc1nc2c(s1)CC(C(C)(C)C)CC2. The highest BCUT2D eigenvalue weighted by molar-refractivity contribution is 7.80. The van der Waals surface area contributed by atoms with E-state index in [4.69, 9.17) is 21.9 Å². The van der Waals surface area contributed by atoms with E-state index < -0.39 is 11.7 Å². The van der Waals surface area contributed by atoms with E-state index in [2.05, 4.69) is 36.7 Å². The Morgan fingerprint density at radius 1 is 1.22 bits per heavy atom. The predicted octanol–water partition coefficient (Wildman–Crippen LogP) is 4.11. The number of thiocarbonyl (C=S) groups is 1. The van der Waals surface area contributed by atoms with Gasteiger partial charge in [0, 0.05) is 18.0 Å². The number of anilines is 1. The summed E-state index contributed by atoms with van der Waals surface area (Å²) >= 11 is 7.02. The molecule has 1 aliphatic carbocycles. The first kappa shape index (κ1) is 21.9. The molecule has 0 saturated heterocycles. The molecule has 1 amide bonds. The van der Waals surface area contributed by atoms with Crippen molar-refractivity contribution < 1.29 is 9.53 Å². The van der Waals surface area contributed by atoms with Gasteiger partial charge < -0.3 is 20.7 Å². The smallest absolute Gasteiger partial charge is 0.407 e. The molecule has 1 aromatic heterocycles. The van der Waals surface area contributed by atoms with Crippen LogP contribution in [0.3, 0.4) is 0 Å². The number of aromatic nitrogens is 1. The Hall–Kier alpha value is -1.41. The van der Waals surface area contributed by atoms with Gasteiger partial charge in [0.25, 0.3) is 0 Å². The summed E-state index contributed by atoms with van der Waals surface area (Å²) < 4.78 is 5.18. The molecule has 27 heavy (non-hydrogen) atoms. The second-order valence-corrected chi connectivity index (χ2v) is 10.5. The average Bonchev–Trinajstić information content (AvgIpc) is 2.90. The van der Waals surface area contributed by atoms with Crippen LogP contribution in [0.25, 0.3) is 0 Å². The third kappa shape index (κ3) is 7.25. The minimum Gasteiger partial charge on any atom is -0.444 e. The molecule has 2 rings (SSSR count). The number of carbonyl (C=O) groups excluding carboxylic acids is 1. The molecule has 6 nitrogen and oxygen atoms in total. The number of hydrogen-bond donors (Lipinski definition) is 3. The van der Waals surface area contributed by atoms with Crippen molar-refractivity contribution in [1.82, 2.24) is 15.6 Å². The Morgan fingerprint density at radius 2 is 1.89 bits per heavy atom. The van der Waals surface area contributed by atoms with Crippen LogP contribution in [0.4, 0.5) is 9.93 Å². The van der Waals surface area contributed by atoms with E-state index in [0.29, 0.717) is 29.5 Å². The van der Waals surface area contributed by atoms with E-state index in [-0.39, 0.29) is 0 Å². The first-order valence-electron chi connectivity index (χ1n) is 9.44. The normalized spacial score (nSPS) is 17.0. The number of amides is 1. The number of nitrogens with zero attached hydrogens (tertiary/aromatic N) is 1. The lowest BCUT2D eigenvalue weighted by Gasteiger charge is -2.33. The number of rotatable bonds is 4. The molecule has 0 bridgehead atoms. The van der Waals surface area contributed by atoms with E-state index in [1.54, 1.807) is 11.3 Å². The van der Waals surface area contributed by atoms with Crippen LogP contribution < -0.4 is 16.0 Å². The molecule has 1 aliphatic rings. The third-order valence-electron chi connectivity index (χ3n) is 4.46. The van der Waals surface area contributed by atoms with E-state index in [1.807, 2.05) is 20.8 Å². The highest BCUT2D eigenvalue weighted by atomic mass is 32.1. The highest BCUT2D eigenvalue weighted by Crippen LogP contribution is 2.40. The van der Waals surface area contributed by atoms with Crippen molar-refractivity contribution in [3.63, 3.8) is 0 Å². The quantitative estimate of drug-likeness (QED) is 0.510. The molecule has 0 spiro atoms. The maximum Gasteiger partial charge on any atom is 0.407 e. The topological polar surface area (TPSA) is 75.3 Å². The first-order valence-corrected chi connectivity index (χ1v) is 10.7. The molecule has 0 fully saturated rings. The lowest BCUT2D eigenvalue weighted by atomic mass is 9.73. The fourth-order valence-electron chi connectivity index (χ4n) is 2.96. The Bertz CT molecular complexity index is 674. The van der Waals surface area contributed by atoms with Gasteiger partial charge in [-0.25, -0.2) is 9.78 Å². The molecule has 3 N–H and O–H groups in total. The van der Waals surface area contributed by atoms with E-state index in [1.165, 1.54) is 17.0 Å². The van der Waals surface area contributed by atoms with Crippen LogP contribution in [0, 0.1) is 11.3 Å². The van der Waals surface area contributed by atoms with Gasteiger partial charge in [0.1, 0.15) is 5.60 Å². The van der Waals surface area contributed by atoms with Crippen molar-refractivity contribution in [2.75, 3.05) is 18.4 Å². The van der Waals surface area contributed by atoms with Gasteiger partial charge in [-0.3, -0.25) is 0 Å². The molecule has 0 aromatic carbocycles. The Kier molecular flexibility index (Phi) is 7.08. The predicted molar refractivity (Wildman–Crippen MR) is 116 cm³/mol. The van der Waals surface area contributed by atoms with Gasteiger partial charge in [0.15, 0.2) is 10.2 Å². The summed E-state index contributed by atoms with van der Waals surface area (Å²) in [5.41, 5.74) is 1.04. The monoisotopic (exact) mass is 412 g/mol. The van der Waals surface area contributed by atoms with Gasteiger partial charge in [0.2, 0.25) is 0 Å². The molecule has 0 radical (unpaired) electrons. The molecule has 0 saturated carbocycles. The third-order valence-corrected chi connectivity index (χ3v) is 5.75. The van der Waals surface area contributed by atoms with Crippen molar-refractivity contribution in [3.8, 4) is 0 Å². The molecule has 0 aliphatic heterocycles. The molecular weight excluding hydrogens is 380 g/mol. The second-order valence-electron chi connectivity index (χ2n) is 9.00. The zero-order valence-corrected chi connectivity index (χ0v) is 18.8. The lowest BCUT2D eigenvalue weighted by Crippen LogP contribution is -2.39. The van der Waals surface area contributed by atoms with Crippen molar-refractivity contribution in [1.29, 1.82) is 0 Å². The van der Waals surface area contributed by atoms with Crippen LogP contribution in [-0.2, 0) is 17.6 Å². The molecule has 152 valence electrons. The minimum absolute atomic E-state index is 0.327. The van der Waals surface area contributed by atoms with Crippen molar-refractivity contribution in [2.24, 2.45) is 11.3 Å². The molecular formula is C19H32N4O2S2. The standard InChI is InChI=1S/C19H32N4O2S2/c1-18(2,3)12-7-8-13-14(11-12)27-16(22-13)23-15(26)20-9-10-21-17(24)25-19(4,5)6/h12H,7-11H2,1-6H3,(H,21,24)(H2,20,22,23,26). The maximum atomic E-state index is 11.6. The largest absolute Gasteiger partial charge is 0.444 e. The lowest BCUT2D eigenvalue weighted by molar-refractivity contribution is 0.0529. The molecule has 1 aromatic rings. The van der Waals surface area contributed by atoms with Gasteiger partial charge in [0.05, 0.1) is 5.69 Å². The number of aryl methyl sites for hydroxylation is 1.